The van der Waals surface area contributed by atoms with Crippen molar-refractivity contribution in [3.63, 3.8) is 0 Å². The number of piperidine rings is 1. The summed E-state index contributed by atoms with van der Waals surface area (Å²) in [5.41, 5.74) is 7.03. The molecule has 21 heavy (non-hydrogen) atoms. The Bertz CT molecular complexity index is 650. The van der Waals surface area contributed by atoms with Gasteiger partial charge in [-0.3, -0.25) is 9.78 Å². The van der Waals surface area contributed by atoms with E-state index in [1.807, 2.05) is 4.90 Å². The zero-order valence-electron chi connectivity index (χ0n) is 11.3. The molecule has 0 radical (unpaired) electrons. The van der Waals surface area contributed by atoms with Crippen LogP contribution in [-0.4, -0.2) is 34.0 Å². The Morgan fingerprint density at radius 2 is 2.10 bits per heavy atom. The number of hydrogen-bond acceptors (Lipinski definition) is 5. The van der Waals surface area contributed by atoms with Gasteiger partial charge >= 0.3 is 0 Å². The van der Waals surface area contributed by atoms with E-state index >= 15 is 0 Å². The molecule has 3 rings (SSSR count). The number of anilines is 1. The van der Waals surface area contributed by atoms with Crippen LogP contribution in [0.1, 0.15) is 34.8 Å². The average molecular weight is 351 g/mol. The summed E-state index contributed by atoms with van der Waals surface area (Å²) in [6, 6.07) is 3.56. The molecule has 7 heteroatoms. The lowest BCUT2D eigenvalue weighted by atomic mass is 9.93. The highest BCUT2D eigenvalue weighted by molar-refractivity contribution is 9.10. The Balaban J connectivity index is 1.64. The Hall–Kier alpha value is -1.89. The first kappa shape index (κ1) is 14.1. The number of pyridine rings is 1. The second-order valence-electron chi connectivity index (χ2n) is 5.11. The molecule has 0 spiro atoms. The predicted octanol–water partition coefficient (Wildman–Crippen LogP) is 2.43. The molecule has 6 nitrogen and oxygen atoms in total. The van der Waals surface area contributed by atoms with Crippen molar-refractivity contribution in [1.82, 2.24) is 15.0 Å². The molecular formula is C14H15BrN4O2. The standard InChI is InChI=1S/C14H15BrN4O2/c15-11-5-10(7-17-8-11)14(20)19-3-1-9(2-4-19)12-6-13(16)21-18-12/h5-9H,1-4,16H2. The summed E-state index contributed by atoms with van der Waals surface area (Å²) in [5, 5.41) is 3.96. The number of hydrogen-bond donors (Lipinski definition) is 1. The van der Waals surface area contributed by atoms with E-state index in [2.05, 4.69) is 26.1 Å². The summed E-state index contributed by atoms with van der Waals surface area (Å²) < 4.78 is 5.72. The quantitative estimate of drug-likeness (QED) is 0.898. The third-order valence-corrected chi connectivity index (χ3v) is 4.13. The molecule has 110 valence electrons. The summed E-state index contributed by atoms with van der Waals surface area (Å²) in [6.07, 6.45) is 4.98. The number of likely N-dealkylation sites (tertiary alicyclic amines) is 1. The van der Waals surface area contributed by atoms with Crippen molar-refractivity contribution >= 4 is 27.7 Å². The van der Waals surface area contributed by atoms with Crippen LogP contribution >= 0.6 is 15.9 Å². The highest BCUT2D eigenvalue weighted by Crippen LogP contribution is 2.28. The molecule has 3 heterocycles. The van der Waals surface area contributed by atoms with E-state index in [0.29, 0.717) is 30.5 Å². The van der Waals surface area contributed by atoms with Crippen LogP contribution in [0.25, 0.3) is 0 Å². The van der Waals surface area contributed by atoms with Crippen LogP contribution in [0.2, 0.25) is 0 Å². The predicted molar refractivity (Wildman–Crippen MR) is 80.7 cm³/mol. The molecule has 1 aliphatic heterocycles. The number of carbonyl (C=O) groups excluding carboxylic acids is 1. The van der Waals surface area contributed by atoms with Crippen LogP contribution in [0.4, 0.5) is 5.88 Å². The summed E-state index contributed by atoms with van der Waals surface area (Å²) in [6.45, 7) is 1.39. The lowest BCUT2D eigenvalue weighted by molar-refractivity contribution is 0.0711. The van der Waals surface area contributed by atoms with Gasteiger partial charge in [-0.2, -0.15) is 0 Å². The molecule has 2 aromatic rings. The van der Waals surface area contributed by atoms with Crippen LogP contribution in [0, 0.1) is 0 Å². The molecule has 2 N–H and O–H groups in total. The molecule has 0 unspecified atom stereocenters. The summed E-state index contributed by atoms with van der Waals surface area (Å²) in [5.74, 6) is 0.654. The van der Waals surface area contributed by atoms with Crippen LogP contribution < -0.4 is 5.73 Å². The minimum Gasteiger partial charge on any atom is -0.368 e. The second-order valence-corrected chi connectivity index (χ2v) is 6.03. The van der Waals surface area contributed by atoms with Crippen LogP contribution in [-0.2, 0) is 0 Å². The van der Waals surface area contributed by atoms with E-state index in [0.717, 1.165) is 23.0 Å². The Morgan fingerprint density at radius 3 is 2.71 bits per heavy atom. The van der Waals surface area contributed by atoms with Gasteiger partial charge in [-0.05, 0) is 34.8 Å². The largest absolute Gasteiger partial charge is 0.368 e. The normalized spacial score (nSPS) is 16.1. The molecule has 1 saturated heterocycles. The van der Waals surface area contributed by atoms with Crippen LogP contribution in [0.15, 0.2) is 33.5 Å². The maximum Gasteiger partial charge on any atom is 0.255 e. The summed E-state index contributed by atoms with van der Waals surface area (Å²) in [7, 11) is 0. The molecular weight excluding hydrogens is 336 g/mol. The first-order valence-corrected chi connectivity index (χ1v) is 7.54. The molecule has 0 bridgehead atoms. The molecule has 1 fully saturated rings. The maximum atomic E-state index is 12.4. The number of halogens is 1. The van der Waals surface area contributed by atoms with Gasteiger partial charge < -0.3 is 15.2 Å². The van der Waals surface area contributed by atoms with Crippen molar-refractivity contribution in [3.8, 4) is 0 Å². The van der Waals surface area contributed by atoms with Gasteiger partial charge in [0.05, 0.1) is 11.3 Å². The Labute approximate surface area is 130 Å². The number of nitrogen functional groups attached to an aromatic ring is 1. The van der Waals surface area contributed by atoms with Crippen molar-refractivity contribution in [2.24, 2.45) is 0 Å². The molecule has 0 atom stereocenters. The van der Waals surface area contributed by atoms with E-state index in [1.54, 1.807) is 24.5 Å². The molecule has 2 aromatic heterocycles. The monoisotopic (exact) mass is 350 g/mol. The SMILES string of the molecule is Nc1cc(C2CCN(C(=O)c3cncc(Br)c3)CC2)no1. The van der Waals surface area contributed by atoms with Gasteiger partial charge in [0, 0.05) is 41.9 Å². The van der Waals surface area contributed by atoms with E-state index in [9.17, 15) is 4.79 Å². The van der Waals surface area contributed by atoms with E-state index < -0.39 is 0 Å². The summed E-state index contributed by atoms with van der Waals surface area (Å²) >= 11 is 3.33. The summed E-state index contributed by atoms with van der Waals surface area (Å²) in [4.78, 5) is 18.3. The lowest BCUT2D eigenvalue weighted by Crippen LogP contribution is -2.38. The third kappa shape index (κ3) is 3.07. The number of nitrogens with zero attached hydrogens (tertiary/aromatic N) is 3. The smallest absolute Gasteiger partial charge is 0.255 e. The number of rotatable bonds is 2. The minimum absolute atomic E-state index is 0.0157. The van der Waals surface area contributed by atoms with Crippen molar-refractivity contribution in [3.05, 3.63) is 40.3 Å². The van der Waals surface area contributed by atoms with Crippen LogP contribution in [0.5, 0.6) is 0 Å². The van der Waals surface area contributed by atoms with E-state index in [-0.39, 0.29) is 5.91 Å². The van der Waals surface area contributed by atoms with Crippen molar-refractivity contribution in [1.29, 1.82) is 0 Å². The molecule has 1 aliphatic rings. The van der Waals surface area contributed by atoms with Crippen molar-refractivity contribution in [2.45, 2.75) is 18.8 Å². The first-order chi connectivity index (χ1) is 10.1. The lowest BCUT2D eigenvalue weighted by Gasteiger charge is -2.31. The van der Waals surface area contributed by atoms with Crippen molar-refractivity contribution in [2.75, 3.05) is 18.8 Å². The van der Waals surface area contributed by atoms with Crippen molar-refractivity contribution < 1.29 is 9.32 Å². The highest BCUT2D eigenvalue weighted by atomic mass is 79.9. The first-order valence-electron chi connectivity index (χ1n) is 6.75. The number of aromatic nitrogens is 2. The van der Waals surface area contributed by atoms with Gasteiger partial charge in [0.2, 0.25) is 5.88 Å². The zero-order chi connectivity index (χ0) is 14.8. The Morgan fingerprint density at radius 1 is 1.33 bits per heavy atom. The fourth-order valence-electron chi connectivity index (χ4n) is 2.59. The van der Waals surface area contributed by atoms with E-state index in [4.69, 9.17) is 10.3 Å². The minimum atomic E-state index is 0.0157. The molecule has 0 saturated carbocycles. The Kier molecular flexibility index (Phi) is 3.92. The topological polar surface area (TPSA) is 85.2 Å². The zero-order valence-corrected chi connectivity index (χ0v) is 12.9. The molecule has 1 amide bonds. The van der Waals surface area contributed by atoms with Gasteiger partial charge in [0.25, 0.3) is 5.91 Å². The van der Waals surface area contributed by atoms with Crippen LogP contribution in [0.3, 0.4) is 0 Å². The number of carbonyl (C=O) groups is 1. The number of amides is 1. The van der Waals surface area contributed by atoms with Gasteiger partial charge in [0.1, 0.15) is 0 Å². The molecule has 0 aliphatic carbocycles. The van der Waals surface area contributed by atoms with Gasteiger partial charge in [-0.1, -0.05) is 5.16 Å². The number of nitrogens with two attached hydrogens (primary N) is 1. The molecule has 0 aromatic carbocycles. The van der Waals surface area contributed by atoms with E-state index in [1.165, 1.54) is 0 Å². The van der Waals surface area contributed by atoms with Gasteiger partial charge in [-0.15, -0.1) is 0 Å². The van der Waals surface area contributed by atoms with Gasteiger partial charge in [0.15, 0.2) is 0 Å². The average Bonchev–Trinajstić information content (AvgIpc) is 2.93. The fourth-order valence-corrected chi connectivity index (χ4v) is 2.95. The highest BCUT2D eigenvalue weighted by Gasteiger charge is 2.26. The van der Waals surface area contributed by atoms with Gasteiger partial charge in [-0.25, -0.2) is 0 Å². The maximum absolute atomic E-state index is 12.4. The fraction of sp³-hybridized carbons (Fsp3) is 0.357. The second kappa shape index (κ2) is 5.85. The third-order valence-electron chi connectivity index (χ3n) is 3.70.